The van der Waals surface area contributed by atoms with Crippen molar-refractivity contribution in [3.8, 4) is 28.7 Å². The molecule has 0 N–H and O–H groups in total. The van der Waals surface area contributed by atoms with Crippen LogP contribution in [0.15, 0.2) is 69.9 Å². The average molecular weight is 575 g/mol. The first-order valence-corrected chi connectivity index (χ1v) is 14.0. The summed E-state index contributed by atoms with van der Waals surface area (Å²) in [5.41, 5.74) is 2.93. The van der Waals surface area contributed by atoms with Crippen LogP contribution in [0, 0.1) is 0 Å². The first-order chi connectivity index (χ1) is 20.5. The van der Waals surface area contributed by atoms with Crippen LogP contribution >= 0.6 is 0 Å². The minimum Gasteiger partial charge on any atom is -0.496 e. The molecule has 222 valence electrons. The maximum Gasteiger partial charge on any atom is 0.336 e. The highest BCUT2D eigenvalue weighted by Crippen LogP contribution is 2.47. The summed E-state index contributed by atoms with van der Waals surface area (Å²) < 4.78 is 34.4. The minimum absolute atomic E-state index is 0.236. The highest BCUT2D eigenvalue weighted by molar-refractivity contribution is 5.89. The van der Waals surface area contributed by atoms with Gasteiger partial charge in [-0.1, -0.05) is 18.2 Å². The molecule has 9 heteroatoms. The molecule has 3 aromatic carbocycles. The molecule has 0 aliphatic carbocycles. The van der Waals surface area contributed by atoms with E-state index in [9.17, 15) is 4.79 Å². The molecule has 2 heterocycles. The van der Waals surface area contributed by atoms with E-state index < -0.39 is 5.63 Å². The molecule has 1 aliphatic heterocycles. The lowest BCUT2D eigenvalue weighted by Crippen LogP contribution is -2.46. The molecule has 0 bridgehead atoms. The Morgan fingerprint density at radius 2 is 1.38 bits per heavy atom. The van der Waals surface area contributed by atoms with Crippen molar-refractivity contribution in [1.82, 2.24) is 4.90 Å². The molecule has 0 saturated carbocycles. The number of piperazine rings is 1. The van der Waals surface area contributed by atoms with E-state index in [1.807, 2.05) is 24.3 Å². The van der Waals surface area contributed by atoms with Crippen molar-refractivity contribution in [3.63, 3.8) is 0 Å². The van der Waals surface area contributed by atoms with E-state index in [1.165, 1.54) is 11.8 Å². The Morgan fingerprint density at radius 1 is 0.738 bits per heavy atom. The first kappa shape index (κ1) is 29.1. The molecule has 4 aromatic rings. The van der Waals surface area contributed by atoms with Gasteiger partial charge in [0.25, 0.3) is 0 Å². The lowest BCUT2D eigenvalue weighted by molar-refractivity contribution is 0.250. The quantitative estimate of drug-likeness (QED) is 0.225. The van der Waals surface area contributed by atoms with Gasteiger partial charge in [-0.05, 0) is 48.9 Å². The fourth-order valence-electron chi connectivity index (χ4n) is 5.83. The van der Waals surface area contributed by atoms with Crippen LogP contribution in [0.2, 0.25) is 0 Å². The van der Waals surface area contributed by atoms with Crippen LogP contribution in [0.1, 0.15) is 23.5 Å². The number of anilines is 1. The van der Waals surface area contributed by atoms with Crippen LogP contribution in [0.4, 0.5) is 5.69 Å². The molecule has 0 amide bonds. The molecule has 0 spiro atoms. The van der Waals surface area contributed by atoms with Gasteiger partial charge in [0.15, 0.2) is 11.5 Å². The van der Waals surface area contributed by atoms with Crippen LogP contribution in [0.5, 0.6) is 28.7 Å². The van der Waals surface area contributed by atoms with Gasteiger partial charge in [-0.2, -0.15) is 0 Å². The van der Waals surface area contributed by atoms with Crippen molar-refractivity contribution in [2.75, 3.05) is 73.2 Å². The summed E-state index contributed by atoms with van der Waals surface area (Å²) in [5, 5.41) is 0.696. The Balaban J connectivity index is 1.56. The number of nitrogens with zero attached hydrogens (tertiary/aromatic N) is 2. The SMILES string of the molecule is COc1cc([C@@H](CCN2CCN(c3ccccc3)CC2)c2c(OC)cc(OC)c3ccc(=O)oc23)cc(OC)c1OC. The number of fused-ring (bicyclic) bond motifs is 1. The van der Waals surface area contributed by atoms with E-state index in [-0.39, 0.29) is 5.92 Å². The predicted octanol–water partition coefficient (Wildman–Crippen LogP) is 5.18. The topological polar surface area (TPSA) is 82.8 Å². The minimum atomic E-state index is -0.445. The summed E-state index contributed by atoms with van der Waals surface area (Å²) >= 11 is 0. The molecule has 5 rings (SSSR count). The van der Waals surface area contributed by atoms with Crippen LogP contribution in [-0.2, 0) is 0 Å². The van der Waals surface area contributed by atoms with E-state index in [4.69, 9.17) is 28.1 Å². The van der Waals surface area contributed by atoms with Gasteiger partial charge >= 0.3 is 5.63 Å². The largest absolute Gasteiger partial charge is 0.496 e. The zero-order valence-electron chi connectivity index (χ0n) is 24.8. The normalized spacial score (nSPS) is 14.5. The molecule has 0 radical (unpaired) electrons. The summed E-state index contributed by atoms with van der Waals surface area (Å²) in [6.07, 6.45) is 0.723. The predicted molar refractivity (Wildman–Crippen MR) is 163 cm³/mol. The molecule has 1 aliphatic rings. The molecule has 1 atom stereocenters. The molecule has 9 nitrogen and oxygen atoms in total. The second-order valence-electron chi connectivity index (χ2n) is 10.2. The number of methoxy groups -OCH3 is 5. The molecule has 1 fully saturated rings. The Bertz CT molecular complexity index is 1540. The molecule has 0 unspecified atom stereocenters. The maximum absolute atomic E-state index is 12.5. The highest BCUT2D eigenvalue weighted by Gasteiger charge is 2.29. The Labute approximate surface area is 246 Å². The van der Waals surface area contributed by atoms with Crippen LogP contribution < -0.4 is 34.2 Å². The van der Waals surface area contributed by atoms with E-state index in [0.29, 0.717) is 39.7 Å². The van der Waals surface area contributed by atoms with Crippen molar-refractivity contribution in [1.29, 1.82) is 0 Å². The third kappa shape index (κ3) is 5.83. The summed E-state index contributed by atoms with van der Waals surface area (Å²) in [7, 11) is 7.99. The average Bonchev–Trinajstić information content (AvgIpc) is 3.04. The third-order valence-electron chi connectivity index (χ3n) is 7.98. The maximum atomic E-state index is 12.5. The summed E-state index contributed by atoms with van der Waals surface area (Å²) in [6.45, 7) is 4.58. The Kier molecular flexibility index (Phi) is 9.07. The van der Waals surface area contributed by atoms with E-state index >= 15 is 0 Å². The second-order valence-corrected chi connectivity index (χ2v) is 10.2. The Hall–Kier alpha value is -4.37. The fraction of sp³-hybridized carbons (Fsp3) is 0.364. The van der Waals surface area contributed by atoms with Crippen molar-refractivity contribution in [2.24, 2.45) is 0 Å². The first-order valence-electron chi connectivity index (χ1n) is 14.0. The van der Waals surface area contributed by atoms with Gasteiger partial charge in [-0.15, -0.1) is 0 Å². The highest BCUT2D eigenvalue weighted by atomic mass is 16.5. The van der Waals surface area contributed by atoms with Gasteiger partial charge in [0, 0.05) is 55.5 Å². The van der Waals surface area contributed by atoms with Gasteiger partial charge in [0.05, 0.1) is 40.9 Å². The van der Waals surface area contributed by atoms with E-state index in [1.54, 1.807) is 41.6 Å². The second kappa shape index (κ2) is 13.1. The van der Waals surface area contributed by atoms with Gasteiger partial charge in [0.2, 0.25) is 5.75 Å². The number of hydrogen-bond donors (Lipinski definition) is 0. The molecule has 1 saturated heterocycles. The number of para-hydroxylation sites is 1. The fourth-order valence-corrected chi connectivity index (χ4v) is 5.83. The van der Waals surface area contributed by atoms with Gasteiger partial charge < -0.3 is 33.0 Å². The number of benzene rings is 3. The monoisotopic (exact) mass is 574 g/mol. The van der Waals surface area contributed by atoms with Gasteiger partial charge in [-0.3, -0.25) is 4.90 Å². The van der Waals surface area contributed by atoms with Gasteiger partial charge in [-0.25, -0.2) is 4.79 Å². The van der Waals surface area contributed by atoms with E-state index in [0.717, 1.165) is 50.3 Å². The van der Waals surface area contributed by atoms with Crippen molar-refractivity contribution in [2.45, 2.75) is 12.3 Å². The summed E-state index contributed by atoms with van der Waals surface area (Å²) in [6, 6.07) is 19.4. The zero-order valence-corrected chi connectivity index (χ0v) is 24.8. The lowest BCUT2D eigenvalue weighted by Gasteiger charge is -2.37. The number of hydrogen-bond acceptors (Lipinski definition) is 9. The molecular formula is C33H38N2O7. The smallest absolute Gasteiger partial charge is 0.336 e. The molecular weight excluding hydrogens is 536 g/mol. The molecule has 42 heavy (non-hydrogen) atoms. The van der Waals surface area contributed by atoms with Crippen LogP contribution in [0.3, 0.4) is 0 Å². The third-order valence-corrected chi connectivity index (χ3v) is 7.98. The van der Waals surface area contributed by atoms with E-state index in [2.05, 4.69) is 34.1 Å². The van der Waals surface area contributed by atoms with Crippen molar-refractivity contribution in [3.05, 3.63) is 82.2 Å². The summed E-state index contributed by atoms with van der Waals surface area (Å²) in [4.78, 5) is 17.4. The van der Waals surface area contributed by atoms with Gasteiger partial charge in [0.1, 0.15) is 17.1 Å². The standard InChI is InChI=1S/C33H38N2O7/c1-37-26-21-27(38-2)31(32-25(26)11-12-30(36)42-32)24(22-19-28(39-3)33(41-5)29(20-22)40-4)13-14-34-15-17-35(18-16-34)23-9-7-6-8-10-23/h6-12,19-21,24H,13-18H2,1-5H3/t24-/m1/s1. The number of ether oxygens (including phenoxy) is 5. The zero-order chi connectivity index (χ0) is 29.6. The lowest BCUT2D eigenvalue weighted by atomic mass is 9.85. The number of rotatable bonds is 11. The Morgan fingerprint density at radius 3 is 1.98 bits per heavy atom. The van der Waals surface area contributed by atoms with Crippen LogP contribution in [0.25, 0.3) is 11.0 Å². The molecule has 1 aromatic heterocycles. The van der Waals surface area contributed by atoms with Crippen molar-refractivity contribution >= 4 is 16.7 Å². The summed E-state index contributed by atoms with van der Waals surface area (Å²) in [5.74, 6) is 2.51. The van der Waals surface area contributed by atoms with Crippen molar-refractivity contribution < 1.29 is 28.1 Å². The van der Waals surface area contributed by atoms with Crippen LogP contribution in [-0.4, -0.2) is 73.2 Å².